The normalized spacial score (nSPS) is 20.7. The Bertz CT molecular complexity index is 882. The molecule has 3 aromatic rings. The molecule has 120 valence electrons. The standard InChI is InChI=1S/C15H16ClN5O2/c1-8-14(18-19-21(8)10-4-11(22)5-10)9-3-13(23-2)15-12(16)6-17-20(15)7-9/h3,6-7,10-11,22H,4-5H2,1-2H3. The van der Waals surface area contributed by atoms with Crippen LogP contribution in [0.15, 0.2) is 18.5 Å². The number of nitrogens with zero attached hydrogens (tertiary/aromatic N) is 5. The molecule has 0 aromatic carbocycles. The van der Waals surface area contributed by atoms with E-state index in [9.17, 15) is 5.11 Å². The number of hydrogen-bond acceptors (Lipinski definition) is 5. The highest BCUT2D eigenvalue weighted by molar-refractivity contribution is 6.34. The molecule has 0 spiro atoms. The average Bonchev–Trinajstić information content (AvgIpc) is 3.07. The van der Waals surface area contributed by atoms with E-state index < -0.39 is 0 Å². The first-order chi connectivity index (χ1) is 11.1. The van der Waals surface area contributed by atoms with Crippen molar-refractivity contribution in [2.75, 3.05) is 7.11 Å². The van der Waals surface area contributed by atoms with Crippen molar-refractivity contribution in [2.45, 2.75) is 31.9 Å². The summed E-state index contributed by atoms with van der Waals surface area (Å²) >= 11 is 6.15. The summed E-state index contributed by atoms with van der Waals surface area (Å²) in [7, 11) is 1.60. The molecule has 0 radical (unpaired) electrons. The minimum Gasteiger partial charge on any atom is -0.494 e. The van der Waals surface area contributed by atoms with Crippen molar-refractivity contribution in [3.8, 4) is 17.0 Å². The number of aromatic nitrogens is 5. The Hall–Kier alpha value is -2.12. The van der Waals surface area contributed by atoms with Gasteiger partial charge in [0, 0.05) is 11.8 Å². The summed E-state index contributed by atoms with van der Waals surface area (Å²) < 4.78 is 9.00. The van der Waals surface area contributed by atoms with E-state index in [4.69, 9.17) is 16.3 Å². The second kappa shape index (κ2) is 5.21. The van der Waals surface area contributed by atoms with Crippen LogP contribution in [0, 0.1) is 6.92 Å². The van der Waals surface area contributed by atoms with Gasteiger partial charge in [0.05, 0.1) is 36.2 Å². The van der Waals surface area contributed by atoms with E-state index in [2.05, 4.69) is 15.4 Å². The highest BCUT2D eigenvalue weighted by Gasteiger charge is 2.31. The van der Waals surface area contributed by atoms with Gasteiger partial charge in [-0.05, 0) is 25.8 Å². The minimum atomic E-state index is -0.227. The summed E-state index contributed by atoms with van der Waals surface area (Å²) in [6.45, 7) is 1.98. The molecular weight excluding hydrogens is 318 g/mol. The molecule has 4 rings (SSSR count). The number of aliphatic hydroxyl groups excluding tert-OH is 1. The number of methoxy groups -OCH3 is 1. The van der Waals surface area contributed by atoms with Crippen molar-refractivity contribution < 1.29 is 9.84 Å². The van der Waals surface area contributed by atoms with Crippen molar-refractivity contribution in [1.82, 2.24) is 24.6 Å². The lowest BCUT2D eigenvalue weighted by molar-refractivity contribution is 0.0418. The Kier molecular flexibility index (Phi) is 3.28. The lowest BCUT2D eigenvalue weighted by Gasteiger charge is -2.31. The van der Waals surface area contributed by atoms with Gasteiger partial charge in [-0.3, -0.25) is 0 Å². The van der Waals surface area contributed by atoms with Crippen LogP contribution in [-0.4, -0.2) is 42.9 Å². The van der Waals surface area contributed by atoms with Crippen LogP contribution in [0.5, 0.6) is 5.75 Å². The van der Waals surface area contributed by atoms with Crippen LogP contribution in [0.4, 0.5) is 0 Å². The number of rotatable bonds is 3. The predicted molar refractivity (Wildman–Crippen MR) is 84.8 cm³/mol. The lowest BCUT2D eigenvalue weighted by Crippen LogP contribution is -2.32. The van der Waals surface area contributed by atoms with Crippen LogP contribution in [-0.2, 0) is 0 Å². The van der Waals surface area contributed by atoms with Crippen LogP contribution in [0.2, 0.25) is 5.02 Å². The Labute approximate surface area is 137 Å². The van der Waals surface area contributed by atoms with Gasteiger partial charge < -0.3 is 9.84 Å². The summed E-state index contributed by atoms with van der Waals surface area (Å²) in [5, 5.41) is 22.8. The Balaban J connectivity index is 1.80. The van der Waals surface area contributed by atoms with E-state index in [-0.39, 0.29) is 12.1 Å². The maximum absolute atomic E-state index is 9.48. The summed E-state index contributed by atoms with van der Waals surface area (Å²) in [4.78, 5) is 0. The van der Waals surface area contributed by atoms with Gasteiger partial charge in [-0.2, -0.15) is 5.10 Å². The summed E-state index contributed by atoms with van der Waals surface area (Å²) in [5.74, 6) is 0.637. The fourth-order valence-electron chi connectivity index (χ4n) is 3.05. The molecule has 0 unspecified atom stereocenters. The molecule has 0 atom stereocenters. The Morgan fingerprint density at radius 1 is 1.39 bits per heavy atom. The van der Waals surface area contributed by atoms with E-state index in [1.807, 2.05) is 23.9 Å². The molecule has 1 saturated carbocycles. The number of halogens is 1. The molecule has 0 aliphatic heterocycles. The molecular formula is C15H16ClN5O2. The van der Waals surface area contributed by atoms with E-state index in [1.165, 1.54) is 0 Å². The van der Waals surface area contributed by atoms with Crippen molar-refractivity contribution in [1.29, 1.82) is 0 Å². The molecule has 3 heterocycles. The Morgan fingerprint density at radius 3 is 2.87 bits per heavy atom. The first-order valence-electron chi connectivity index (χ1n) is 7.39. The van der Waals surface area contributed by atoms with Crippen molar-refractivity contribution in [2.24, 2.45) is 0 Å². The van der Waals surface area contributed by atoms with Gasteiger partial charge >= 0.3 is 0 Å². The van der Waals surface area contributed by atoms with Crippen molar-refractivity contribution >= 4 is 17.1 Å². The second-order valence-electron chi connectivity index (χ2n) is 5.83. The van der Waals surface area contributed by atoms with Crippen molar-refractivity contribution in [3.63, 3.8) is 0 Å². The monoisotopic (exact) mass is 333 g/mol. The van der Waals surface area contributed by atoms with Gasteiger partial charge in [-0.25, -0.2) is 9.20 Å². The molecule has 8 heteroatoms. The van der Waals surface area contributed by atoms with Crippen LogP contribution in [0.3, 0.4) is 0 Å². The second-order valence-corrected chi connectivity index (χ2v) is 6.24. The SMILES string of the molecule is COc1cc(-c2nnn(C3CC(O)C3)c2C)cn2ncc(Cl)c12. The van der Waals surface area contributed by atoms with E-state index in [1.54, 1.807) is 17.8 Å². The third kappa shape index (κ3) is 2.19. The molecule has 0 saturated heterocycles. The zero-order valence-electron chi connectivity index (χ0n) is 12.8. The molecule has 0 bridgehead atoms. The summed E-state index contributed by atoms with van der Waals surface area (Å²) in [5.41, 5.74) is 3.32. The zero-order valence-corrected chi connectivity index (χ0v) is 13.5. The minimum absolute atomic E-state index is 0.219. The van der Waals surface area contributed by atoms with Gasteiger partial charge in [0.1, 0.15) is 17.0 Å². The number of hydrogen-bond donors (Lipinski definition) is 1. The van der Waals surface area contributed by atoms with E-state index in [0.717, 1.165) is 35.3 Å². The third-order valence-electron chi connectivity index (χ3n) is 4.39. The van der Waals surface area contributed by atoms with Gasteiger partial charge in [0.25, 0.3) is 0 Å². The van der Waals surface area contributed by atoms with E-state index in [0.29, 0.717) is 10.8 Å². The summed E-state index contributed by atoms with van der Waals surface area (Å²) in [6, 6.07) is 2.11. The molecule has 1 aliphatic carbocycles. The lowest BCUT2D eigenvalue weighted by atomic mass is 9.89. The molecule has 3 aromatic heterocycles. The molecule has 1 aliphatic rings. The van der Waals surface area contributed by atoms with Crippen LogP contribution in [0.25, 0.3) is 16.8 Å². The van der Waals surface area contributed by atoms with Crippen LogP contribution in [0.1, 0.15) is 24.6 Å². The van der Waals surface area contributed by atoms with Gasteiger partial charge in [-0.1, -0.05) is 16.8 Å². The van der Waals surface area contributed by atoms with Gasteiger partial charge in [0.15, 0.2) is 0 Å². The maximum Gasteiger partial charge on any atom is 0.146 e. The van der Waals surface area contributed by atoms with Crippen LogP contribution < -0.4 is 4.74 Å². The van der Waals surface area contributed by atoms with Gasteiger partial charge in [0.2, 0.25) is 0 Å². The molecule has 0 amide bonds. The smallest absolute Gasteiger partial charge is 0.146 e. The van der Waals surface area contributed by atoms with Crippen LogP contribution >= 0.6 is 11.6 Å². The first kappa shape index (κ1) is 14.5. The van der Waals surface area contributed by atoms with Crippen molar-refractivity contribution in [3.05, 3.63) is 29.2 Å². The quantitative estimate of drug-likeness (QED) is 0.795. The third-order valence-corrected chi connectivity index (χ3v) is 4.66. The summed E-state index contributed by atoms with van der Waals surface area (Å²) in [6.07, 6.45) is 4.67. The first-order valence-corrected chi connectivity index (χ1v) is 7.77. The fraction of sp³-hybridized carbons (Fsp3) is 0.400. The topological polar surface area (TPSA) is 77.5 Å². The van der Waals surface area contributed by atoms with Gasteiger partial charge in [-0.15, -0.1) is 5.10 Å². The largest absolute Gasteiger partial charge is 0.494 e. The highest BCUT2D eigenvalue weighted by Crippen LogP contribution is 2.36. The molecule has 23 heavy (non-hydrogen) atoms. The predicted octanol–water partition coefficient (Wildman–Crippen LogP) is 2.26. The van der Waals surface area contributed by atoms with E-state index >= 15 is 0 Å². The number of fused-ring (bicyclic) bond motifs is 1. The number of aliphatic hydroxyl groups is 1. The number of ether oxygens (including phenoxy) is 1. The molecule has 1 N–H and O–H groups in total. The fourth-order valence-corrected chi connectivity index (χ4v) is 3.27. The Morgan fingerprint density at radius 2 is 2.17 bits per heavy atom. The maximum atomic E-state index is 9.48. The zero-order chi connectivity index (χ0) is 16.1. The average molecular weight is 334 g/mol. The molecule has 7 nitrogen and oxygen atoms in total. The molecule has 1 fully saturated rings. The number of pyridine rings is 1. The highest BCUT2D eigenvalue weighted by atomic mass is 35.5.